The van der Waals surface area contributed by atoms with Gasteiger partial charge in [-0.1, -0.05) is 18.9 Å². The maximum Gasteiger partial charge on any atom is 0.419 e. The normalized spacial score (nSPS) is 11.9. The topological polar surface area (TPSA) is 52.6 Å². The standard InChI is InChI=1S/C18H18F4O4/c1-3-7-12(4-2)25-15(23)10-6-11-16(24)26-14-9-5-8-13(17(14)19)18(20,21)22/h5,8-9,12H,4,6,10-11H2,1-2H3. The molecule has 1 rings (SSSR count). The fourth-order valence-electron chi connectivity index (χ4n) is 1.95. The molecule has 1 aromatic carbocycles. The summed E-state index contributed by atoms with van der Waals surface area (Å²) in [5.74, 6) is 1.36. The fourth-order valence-corrected chi connectivity index (χ4v) is 1.95. The highest BCUT2D eigenvalue weighted by molar-refractivity contribution is 5.74. The smallest absolute Gasteiger partial charge is 0.419 e. The summed E-state index contributed by atoms with van der Waals surface area (Å²) in [6, 6.07) is 2.41. The van der Waals surface area contributed by atoms with Gasteiger partial charge >= 0.3 is 18.1 Å². The maximum atomic E-state index is 13.8. The first-order chi connectivity index (χ1) is 12.2. The summed E-state index contributed by atoms with van der Waals surface area (Å²) in [6.07, 6.45) is -5.23. The number of ether oxygens (including phenoxy) is 2. The van der Waals surface area contributed by atoms with E-state index in [4.69, 9.17) is 4.74 Å². The van der Waals surface area contributed by atoms with Crippen LogP contribution in [0.15, 0.2) is 18.2 Å². The number of carbonyl (C=O) groups excluding carboxylic acids is 2. The van der Waals surface area contributed by atoms with Crippen molar-refractivity contribution >= 4 is 11.9 Å². The van der Waals surface area contributed by atoms with Crippen LogP contribution >= 0.6 is 0 Å². The lowest BCUT2D eigenvalue weighted by atomic mass is 10.2. The van der Waals surface area contributed by atoms with E-state index in [2.05, 4.69) is 16.6 Å². The SMILES string of the molecule is CC#CC(CC)OC(=O)CCCC(=O)Oc1cccc(C(F)(F)F)c1F. The van der Waals surface area contributed by atoms with E-state index in [0.29, 0.717) is 12.5 Å². The molecule has 0 aromatic heterocycles. The van der Waals surface area contributed by atoms with Crippen LogP contribution in [0.4, 0.5) is 17.6 Å². The monoisotopic (exact) mass is 374 g/mol. The number of benzene rings is 1. The number of alkyl halides is 3. The van der Waals surface area contributed by atoms with Gasteiger partial charge in [0.1, 0.15) is 0 Å². The zero-order valence-corrected chi connectivity index (χ0v) is 14.3. The Balaban J connectivity index is 2.53. The molecule has 0 aliphatic rings. The van der Waals surface area contributed by atoms with Crippen LogP contribution in [-0.4, -0.2) is 18.0 Å². The minimum absolute atomic E-state index is 0.0498. The van der Waals surface area contributed by atoms with E-state index in [1.54, 1.807) is 13.8 Å². The van der Waals surface area contributed by atoms with E-state index >= 15 is 0 Å². The molecule has 0 heterocycles. The van der Waals surface area contributed by atoms with Gasteiger partial charge < -0.3 is 9.47 Å². The first-order valence-corrected chi connectivity index (χ1v) is 7.87. The van der Waals surface area contributed by atoms with Gasteiger partial charge in [0.15, 0.2) is 17.7 Å². The van der Waals surface area contributed by atoms with Crippen molar-refractivity contribution in [3.63, 3.8) is 0 Å². The molecule has 0 saturated heterocycles. The van der Waals surface area contributed by atoms with E-state index in [9.17, 15) is 27.2 Å². The van der Waals surface area contributed by atoms with Gasteiger partial charge in [-0.15, -0.1) is 5.92 Å². The summed E-state index contributed by atoms with van der Waals surface area (Å²) in [7, 11) is 0. The number of rotatable bonds is 7. The van der Waals surface area contributed by atoms with Crippen LogP contribution in [-0.2, 0) is 20.5 Å². The Morgan fingerprint density at radius 1 is 1.19 bits per heavy atom. The molecule has 0 bridgehead atoms. The molecular formula is C18H18F4O4. The van der Waals surface area contributed by atoms with E-state index in [1.807, 2.05) is 0 Å². The molecule has 0 aliphatic carbocycles. The van der Waals surface area contributed by atoms with Crippen LogP contribution in [0.1, 0.15) is 45.1 Å². The van der Waals surface area contributed by atoms with E-state index < -0.39 is 41.3 Å². The number of hydrogen-bond donors (Lipinski definition) is 0. The summed E-state index contributed by atoms with van der Waals surface area (Å²) in [5.41, 5.74) is -1.52. The Labute approximate surface area is 148 Å². The Morgan fingerprint density at radius 2 is 1.85 bits per heavy atom. The molecule has 142 valence electrons. The predicted octanol–water partition coefficient (Wildman–Crippen LogP) is 4.27. The molecular weight excluding hydrogens is 356 g/mol. The van der Waals surface area contributed by atoms with Crippen LogP contribution in [0.25, 0.3) is 0 Å². The van der Waals surface area contributed by atoms with Crippen molar-refractivity contribution < 1.29 is 36.6 Å². The van der Waals surface area contributed by atoms with Gasteiger partial charge in [-0.2, -0.15) is 13.2 Å². The van der Waals surface area contributed by atoms with Crippen molar-refractivity contribution in [2.45, 2.75) is 51.8 Å². The summed E-state index contributed by atoms with van der Waals surface area (Å²) in [4.78, 5) is 23.3. The minimum atomic E-state index is -4.90. The molecule has 0 saturated carbocycles. The molecule has 0 fully saturated rings. The zero-order chi connectivity index (χ0) is 19.7. The van der Waals surface area contributed by atoms with Crippen LogP contribution in [0.2, 0.25) is 0 Å². The molecule has 0 amide bonds. The molecule has 0 N–H and O–H groups in total. The lowest BCUT2D eigenvalue weighted by Gasteiger charge is -2.11. The lowest BCUT2D eigenvalue weighted by Crippen LogP contribution is -2.16. The van der Waals surface area contributed by atoms with Gasteiger partial charge in [0, 0.05) is 12.8 Å². The Bertz CT molecular complexity index is 701. The van der Waals surface area contributed by atoms with E-state index in [1.165, 1.54) is 0 Å². The molecule has 1 aromatic rings. The molecule has 4 nitrogen and oxygen atoms in total. The minimum Gasteiger partial charge on any atom is -0.449 e. The van der Waals surface area contributed by atoms with Crippen molar-refractivity contribution in [2.24, 2.45) is 0 Å². The first-order valence-electron chi connectivity index (χ1n) is 7.87. The van der Waals surface area contributed by atoms with Crippen molar-refractivity contribution in [3.8, 4) is 17.6 Å². The molecule has 8 heteroatoms. The van der Waals surface area contributed by atoms with Crippen molar-refractivity contribution in [2.75, 3.05) is 0 Å². The molecule has 0 aliphatic heterocycles. The quantitative estimate of drug-likeness (QED) is 0.310. The number of hydrogen-bond acceptors (Lipinski definition) is 4. The summed E-state index contributed by atoms with van der Waals surface area (Å²) in [6.45, 7) is 3.41. The fraction of sp³-hybridized carbons (Fsp3) is 0.444. The molecule has 0 radical (unpaired) electrons. The van der Waals surface area contributed by atoms with Crippen LogP contribution in [0.5, 0.6) is 5.75 Å². The van der Waals surface area contributed by atoms with Gasteiger partial charge in [-0.3, -0.25) is 9.59 Å². The summed E-state index contributed by atoms with van der Waals surface area (Å²) < 4.78 is 61.2. The zero-order valence-electron chi connectivity index (χ0n) is 14.3. The highest BCUT2D eigenvalue weighted by atomic mass is 19.4. The van der Waals surface area contributed by atoms with Crippen molar-refractivity contribution in [1.29, 1.82) is 0 Å². The predicted molar refractivity (Wildman–Crippen MR) is 84.5 cm³/mol. The average Bonchev–Trinajstić information content (AvgIpc) is 2.55. The van der Waals surface area contributed by atoms with E-state index in [-0.39, 0.29) is 19.3 Å². The molecule has 0 spiro atoms. The van der Waals surface area contributed by atoms with Gasteiger partial charge in [0.05, 0.1) is 5.56 Å². The highest BCUT2D eigenvalue weighted by Gasteiger charge is 2.35. The maximum absolute atomic E-state index is 13.8. The van der Waals surface area contributed by atoms with Gasteiger partial charge in [0.25, 0.3) is 0 Å². The second-order valence-electron chi connectivity index (χ2n) is 5.22. The Kier molecular flexibility index (Phi) is 8.10. The number of halogens is 4. The Hall–Kier alpha value is -2.56. The third kappa shape index (κ3) is 6.75. The summed E-state index contributed by atoms with van der Waals surface area (Å²) >= 11 is 0. The lowest BCUT2D eigenvalue weighted by molar-refractivity contribution is -0.147. The van der Waals surface area contributed by atoms with Crippen LogP contribution in [0.3, 0.4) is 0 Å². The first kappa shape index (κ1) is 21.5. The second-order valence-corrected chi connectivity index (χ2v) is 5.22. The van der Waals surface area contributed by atoms with Crippen LogP contribution in [0, 0.1) is 17.7 Å². The molecule has 1 unspecified atom stereocenters. The van der Waals surface area contributed by atoms with Gasteiger partial charge in [0.2, 0.25) is 0 Å². The summed E-state index contributed by atoms with van der Waals surface area (Å²) in [5, 5.41) is 0. The molecule has 26 heavy (non-hydrogen) atoms. The van der Waals surface area contributed by atoms with Gasteiger partial charge in [-0.25, -0.2) is 4.39 Å². The van der Waals surface area contributed by atoms with Gasteiger partial charge in [-0.05, 0) is 31.9 Å². The number of esters is 2. The largest absolute Gasteiger partial charge is 0.449 e. The third-order valence-corrected chi connectivity index (χ3v) is 3.20. The van der Waals surface area contributed by atoms with Crippen molar-refractivity contribution in [1.82, 2.24) is 0 Å². The number of carbonyl (C=O) groups is 2. The van der Waals surface area contributed by atoms with E-state index in [0.717, 1.165) is 12.1 Å². The highest BCUT2D eigenvalue weighted by Crippen LogP contribution is 2.34. The van der Waals surface area contributed by atoms with Crippen molar-refractivity contribution in [3.05, 3.63) is 29.6 Å². The van der Waals surface area contributed by atoms with Crippen LogP contribution < -0.4 is 4.74 Å². The average molecular weight is 374 g/mol. The third-order valence-electron chi connectivity index (χ3n) is 3.20. The second kappa shape index (κ2) is 9.80. The molecule has 1 atom stereocenters. The Morgan fingerprint density at radius 3 is 2.42 bits per heavy atom.